The molecule has 0 unspecified atom stereocenters. The molecule has 2 rings (SSSR count). The van der Waals surface area contributed by atoms with Crippen molar-refractivity contribution >= 4 is 29.9 Å². The van der Waals surface area contributed by atoms with Crippen molar-refractivity contribution < 1.29 is 4.74 Å². The third-order valence-corrected chi connectivity index (χ3v) is 3.34. The van der Waals surface area contributed by atoms with Gasteiger partial charge >= 0.3 is 0 Å². The fourth-order valence-corrected chi connectivity index (χ4v) is 2.10. The first-order chi connectivity index (χ1) is 10.8. The molecule has 0 aliphatic carbocycles. The van der Waals surface area contributed by atoms with Crippen LogP contribution in [-0.2, 0) is 13.0 Å². The summed E-state index contributed by atoms with van der Waals surface area (Å²) in [6.45, 7) is 1.44. The molecule has 0 spiro atoms. The van der Waals surface area contributed by atoms with Gasteiger partial charge in [0.25, 0.3) is 0 Å². The minimum Gasteiger partial charge on any atom is -0.489 e. The van der Waals surface area contributed by atoms with Crippen LogP contribution in [0.4, 0.5) is 0 Å². The predicted molar refractivity (Wildman–Crippen MR) is 107 cm³/mol. The number of rotatable bonds is 6. The van der Waals surface area contributed by atoms with E-state index in [9.17, 15) is 0 Å². The standard InChI is InChI=1S/C18H23N3O.HI/c1-19-18(20-2)21-13-12-15-8-10-17(11-9-15)22-14-16-6-4-3-5-7-16;/h3-11H,12-14H2,1-2H3,(H2,19,20,21);1H. The predicted octanol–water partition coefficient (Wildman–Crippen LogP) is 3.22. The molecule has 0 bridgehead atoms. The zero-order chi connectivity index (χ0) is 15.6. The molecule has 0 saturated carbocycles. The first kappa shape index (κ1) is 19.3. The van der Waals surface area contributed by atoms with Crippen LogP contribution in [0.25, 0.3) is 0 Å². The van der Waals surface area contributed by atoms with E-state index in [1.165, 1.54) is 11.1 Å². The SMILES string of the molecule is CN=C(NC)NCCc1ccc(OCc2ccccc2)cc1.I. The quantitative estimate of drug-likeness (QED) is 0.425. The van der Waals surface area contributed by atoms with E-state index in [2.05, 4.69) is 39.9 Å². The summed E-state index contributed by atoms with van der Waals surface area (Å²) in [5.74, 6) is 1.70. The highest BCUT2D eigenvalue weighted by Gasteiger charge is 1.98. The molecule has 124 valence electrons. The highest BCUT2D eigenvalue weighted by molar-refractivity contribution is 14.0. The maximum atomic E-state index is 5.78. The molecule has 0 heterocycles. The van der Waals surface area contributed by atoms with Crippen molar-refractivity contribution in [1.82, 2.24) is 10.6 Å². The van der Waals surface area contributed by atoms with Gasteiger partial charge < -0.3 is 15.4 Å². The first-order valence-electron chi connectivity index (χ1n) is 7.46. The van der Waals surface area contributed by atoms with E-state index >= 15 is 0 Å². The third kappa shape index (κ3) is 6.90. The minimum atomic E-state index is 0. The van der Waals surface area contributed by atoms with Gasteiger partial charge in [-0.25, -0.2) is 0 Å². The molecule has 2 aromatic rings. The van der Waals surface area contributed by atoms with Crippen LogP contribution in [0.1, 0.15) is 11.1 Å². The van der Waals surface area contributed by atoms with Crippen molar-refractivity contribution in [3.63, 3.8) is 0 Å². The third-order valence-electron chi connectivity index (χ3n) is 3.34. The van der Waals surface area contributed by atoms with Gasteiger partial charge in [0.2, 0.25) is 0 Å². The number of nitrogens with one attached hydrogen (secondary N) is 2. The molecule has 2 N–H and O–H groups in total. The van der Waals surface area contributed by atoms with Gasteiger partial charge in [0.1, 0.15) is 12.4 Å². The molecule has 0 aliphatic rings. The van der Waals surface area contributed by atoms with Crippen LogP contribution < -0.4 is 15.4 Å². The van der Waals surface area contributed by atoms with Crippen molar-refractivity contribution in [3.8, 4) is 5.75 Å². The molecule has 0 atom stereocenters. The fraction of sp³-hybridized carbons (Fsp3) is 0.278. The molecule has 4 nitrogen and oxygen atoms in total. The van der Waals surface area contributed by atoms with Crippen molar-refractivity contribution in [3.05, 3.63) is 65.7 Å². The topological polar surface area (TPSA) is 45.7 Å². The van der Waals surface area contributed by atoms with Crippen LogP contribution in [0, 0.1) is 0 Å². The number of aliphatic imine (C=N–C) groups is 1. The second-order valence-electron chi connectivity index (χ2n) is 4.92. The summed E-state index contributed by atoms with van der Waals surface area (Å²) in [4.78, 5) is 4.08. The second-order valence-corrected chi connectivity index (χ2v) is 4.92. The summed E-state index contributed by atoms with van der Waals surface area (Å²) < 4.78 is 5.78. The van der Waals surface area contributed by atoms with E-state index in [0.29, 0.717) is 6.61 Å². The van der Waals surface area contributed by atoms with E-state index < -0.39 is 0 Å². The number of ether oxygens (including phenoxy) is 1. The maximum Gasteiger partial charge on any atom is 0.190 e. The Hall–Kier alpha value is -1.76. The van der Waals surface area contributed by atoms with E-state index in [1.54, 1.807) is 7.05 Å². The zero-order valence-electron chi connectivity index (χ0n) is 13.6. The maximum absolute atomic E-state index is 5.78. The number of halogens is 1. The molecule has 5 heteroatoms. The van der Waals surface area contributed by atoms with Gasteiger partial charge in [-0.15, -0.1) is 24.0 Å². The van der Waals surface area contributed by atoms with Gasteiger partial charge in [-0.05, 0) is 29.7 Å². The zero-order valence-corrected chi connectivity index (χ0v) is 15.9. The molecule has 0 aliphatic heterocycles. The molecule has 2 aromatic carbocycles. The number of hydrogen-bond acceptors (Lipinski definition) is 2. The van der Waals surface area contributed by atoms with Crippen LogP contribution in [0.15, 0.2) is 59.6 Å². The number of guanidine groups is 1. The van der Waals surface area contributed by atoms with Gasteiger partial charge in [0, 0.05) is 20.6 Å². The van der Waals surface area contributed by atoms with E-state index in [4.69, 9.17) is 4.74 Å². The molecule has 0 radical (unpaired) electrons. The summed E-state index contributed by atoms with van der Waals surface area (Å²) in [6.07, 6.45) is 0.944. The van der Waals surface area contributed by atoms with Crippen LogP contribution >= 0.6 is 24.0 Å². The van der Waals surface area contributed by atoms with Crippen LogP contribution in [0.5, 0.6) is 5.75 Å². The normalized spacial score (nSPS) is 10.6. The van der Waals surface area contributed by atoms with E-state index in [1.807, 2.05) is 37.4 Å². The Kier molecular flexibility index (Phi) is 9.12. The largest absolute Gasteiger partial charge is 0.489 e. The van der Waals surface area contributed by atoms with E-state index in [-0.39, 0.29) is 24.0 Å². The van der Waals surface area contributed by atoms with Crippen LogP contribution in [0.2, 0.25) is 0 Å². The molecule has 0 aromatic heterocycles. The van der Waals surface area contributed by atoms with Gasteiger partial charge in [0.05, 0.1) is 0 Å². The van der Waals surface area contributed by atoms with Crippen molar-refractivity contribution in [2.45, 2.75) is 13.0 Å². The van der Waals surface area contributed by atoms with Crippen molar-refractivity contribution in [1.29, 1.82) is 0 Å². The van der Waals surface area contributed by atoms with Crippen molar-refractivity contribution in [2.24, 2.45) is 4.99 Å². The lowest BCUT2D eigenvalue weighted by molar-refractivity contribution is 0.306. The number of benzene rings is 2. The number of nitrogens with zero attached hydrogens (tertiary/aromatic N) is 1. The highest BCUT2D eigenvalue weighted by atomic mass is 127. The fourth-order valence-electron chi connectivity index (χ4n) is 2.10. The minimum absolute atomic E-state index is 0. The van der Waals surface area contributed by atoms with Crippen LogP contribution in [-0.4, -0.2) is 26.6 Å². The average molecular weight is 425 g/mol. The first-order valence-corrected chi connectivity index (χ1v) is 7.46. The molecule has 0 amide bonds. The van der Waals surface area contributed by atoms with E-state index in [0.717, 1.165) is 24.7 Å². The Balaban J connectivity index is 0.00000264. The Labute approximate surface area is 155 Å². The van der Waals surface area contributed by atoms with Crippen LogP contribution in [0.3, 0.4) is 0 Å². The molecule has 0 fully saturated rings. The summed E-state index contributed by atoms with van der Waals surface area (Å²) in [6, 6.07) is 18.4. The smallest absolute Gasteiger partial charge is 0.190 e. The summed E-state index contributed by atoms with van der Waals surface area (Å²) >= 11 is 0. The lowest BCUT2D eigenvalue weighted by Crippen LogP contribution is -2.35. The Bertz CT molecular complexity index is 585. The number of hydrogen-bond donors (Lipinski definition) is 2. The Morgan fingerprint density at radius 1 is 1.00 bits per heavy atom. The van der Waals surface area contributed by atoms with Gasteiger partial charge in [-0.1, -0.05) is 42.5 Å². The lowest BCUT2D eigenvalue weighted by Gasteiger charge is -2.09. The molecule has 23 heavy (non-hydrogen) atoms. The Morgan fingerprint density at radius 2 is 1.70 bits per heavy atom. The summed E-state index contributed by atoms with van der Waals surface area (Å²) in [7, 11) is 3.62. The lowest BCUT2D eigenvalue weighted by atomic mass is 10.1. The molecular formula is C18H24IN3O. The highest BCUT2D eigenvalue weighted by Crippen LogP contribution is 2.14. The van der Waals surface area contributed by atoms with Gasteiger partial charge in [-0.2, -0.15) is 0 Å². The van der Waals surface area contributed by atoms with Crippen molar-refractivity contribution in [2.75, 3.05) is 20.6 Å². The monoisotopic (exact) mass is 425 g/mol. The molecular weight excluding hydrogens is 401 g/mol. The summed E-state index contributed by atoms with van der Waals surface area (Å²) in [5.41, 5.74) is 2.44. The summed E-state index contributed by atoms with van der Waals surface area (Å²) in [5, 5.41) is 6.23. The molecule has 0 saturated heterocycles. The second kappa shape index (κ2) is 10.9. The Morgan fingerprint density at radius 3 is 2.30 bits per heavy atom. The average Bonchev–Trinajstić information content (AvgIpc) is 2.59. The van der Waals surface area contributed by atoms with Gasteiger partial charge in [-0.3, -0.25) is 4.99 Å². The van der Waals surface area contributed by atoms with Gasteiger partial charge in [0.15, 0.2) is 5.96 Å².